The fourth-order valence-electron chi connectivity index (χ4n) is 3.27. The van der Waals surface area contributed by atoms with Gasteiger partial charge in [0, 0.05) is 20.1 Å². The zero-order valence-corrected chi connectivity index (χ0v) is 17.1. The number of nitrogens with zero attached hydrogens (tertiary/aromatic N) is 1. The highest BCUT2D eigenvalue weighted by Crippen LogP contribution is 2.46. The lowest BCUT2D eigenvalue weighted by atomic mass is 10.1. The monoisotopic (exact) mass is 465 g/mol. The van der Waals surface area contributed by atoms with Crippen molar-refractivity contribution in [3.05, 3.63) is 59.7 Å². The third kappa shape index (κ3) is 4.41. The molecule has 0 saturated heterocycles. The van der Waals surface area contributed by atoms with Crippen LogP contribution in [0.2, 0.25) is 0 Å². The van der Waals surface area contributed by atoms with Crippen molar-refractivity contribution in [1.82, 2.24) is 10.6 Å². The van der Waals surface area contributed by atoms with Gasteiger partial charge in [-0.3, -0.25) is 4.99 Å². The SMILES string of the molecule is CN=C(NCc1ccc2c(c1)OCO2)NCC1CC1c1ccccc1.I. The third-order valence-electron chi connectivity index (χ3n) is 4.80. The van der Waals surface area contributed by atoms with Crippen molar-refractivity contribution < 1.29 is 9.47 Å². The van der Waals surface area contributed by atoms with Crippen LogP contribution >= 0.6 is 24.0 Å². The minimum absolute atomic E-state index is 0. The van der Waals surface area contributed by atoms with Gasteiger partial charge in [0.2, 0.25) is 6.79 Å². The summed E-state index contributed by atoms with van der Waals surface area (Å²) in [6.07, 6.45) is 1.25. The van der Waals surface area contributed by atoms with Gasteiger partial charge >= 0.3 is 0 Å². The lowest BCUT2D eigenvalue weighted by Crippen LogP contribution is -2.38. The zero-order valence-electron chi connectivity index (χ0n) is 14.8. The molecule has 1 heterocycles. The molecule has 5 nitrogen and oxygen atoms in total. The highest BCUT2D eigenvalue weighted by atomic mass is 127. The number of nitrogens with one attached hydrogen (secondary N) is 2. The van der Waals surface area contributed by atoms with Gasteiger partial charge in [-0.15, -0.1) is 24.0 Å². The average molecular weight is 465 g/mol. The van der Waals surface area contributed by atoms with Crippen LogP contribution in [0.3, 0.4) is 0 Å². The Morgan fingerprint density at radius 3 is 2.69 bits per heavy atom. The van der Waals surface area contributed by atoms with E-state index in [-0.39, 0.29) is 24.0 Å². The van der Waals surface area contributed by atoms with E-state index in [2.05, 4.69) is 46.0 Å². The lowest BCUT2D eigenvalue weighted by molar-refractivity contribution is 0.174. The summed E-state index contributed by atoms with van der Waals surface area (Å²) in [6, 6.07) is 16.7. The van der Waals surface area contributed by atoms with Gasteiger partial charge in [-0.05, 0) is 41.5 Å². The summed E-state index contributed by atoms with van der Waals surface area (Å²) in [5, 5.41) is 6.79. The maximum Gasteiger partial charge on any atom is 0.231 e. The molecule has 1 aliphatic heterocycles. The van der Waals surface area contributed by atoms with Gasteiger partial charge in [-0.1, -0.05) is 36.4 Å². The van der Waals surface area contributed by atoms with Crippen molar-refractivity contribution >= 4 is 29.9 Å². The van der Waals surface area contributed by atoms with Crippen molar-refractivity contribution in [2.75, 3.05) is 20.4 Å². The van der Waals surface area contributed by atoms with Crippen molar-refractivity contribution in [3.63, 3.8) is 0 Å². The Bertz CT molecular complexity index is 767. The molecule has 2 aromatic carbocycles. The highest BCUT2D eigenvalue weighted by molar-refractivity contribution is 14.0. The maximum absolute atomic E-state index is 5.42. The van der Waals surface area contributed by atoms with Crippen LogP contribution in [-0.4, -0.2) is 26.3 Å². The molecule has 0 amide bonds. The van der Waals surface area contributed by atoms with Crippen molar-refractivity contribution in [1.29, 1.82) is 0 Å². The number of aliphatic imine (C=N–C) groups is 1. The van der Waals surface area contributed by atoms with E-state index in [0.29, 0.717) is 25.2 Å². The number of halogens is 1. The summed E-state index contributed by atoms with van der Waals surface area (Å²) >= 11 is 0. The van der Waals surface area contributed by atoms with E-state index >= 15 is 0 Å². The fourth-order valence-corrected chi connectivity index (χ4v) is 3.27. The predicted octanol–water partition coefficient (Wildman–Crippen LogP) is 3.50. The molecule has 26 heavy (non-hydrogen) atoms. The molecule has 1 aliphatic carbocycles. The number of rotatable bonds is 5. The quantitative estimate of drug-likeness (QED) is 0.403. The van der Waals surface area contributed by atoms with Gasteiger partial charge in [0.25, 0.3) is 0 Å². The first-order chi connectivity index (χ1) is 12.3. The molecule has 2 N–H and O–H groups in total. The third-order valence-corrected chi connectivity index (χ3v) is 4.80. The van der Waals surface area contributed by atoms with Crippen LogP contribution in [0.1, 0.15) is 23.5 Å². The molecule has 0 bridgehead atoms. The van der Waals surface area contributed by atoms with E-state index in [1.807, 2.05) is 18.2 Å². The van der Waals surface area contributed by atoms with Gasteiger partial charge in [0.1, 0.15) is 0 Å². The molecule has 1 saturated carbocycles. The number of benzene rings is 2. The van der Waals surface area contributed by atoms with E-state index in [9.17, 15) is 0 Å². The van der Waals surface area contributed by atoms with Gasteiger partial charge < -0.3 is 20.1 Å². The molecule has 0 spiro atoms. The molecule has 4 rings (SSSR count). The van der Waals surface area contributed by atoms with Crippen molar-refractivity contribution in [2.24, 2.45) is 10.9 Å². The van der Waals surface area contributed by atoms with E-state index in [1.165, 1.54) is 12.0 Å². The standard InChI is InChI=1S/C20H23N3O2.HI/c1-21-20(22-11-14-7-8-18-19(9-14)25-13-24-18)23-12-16-10-17(16)15-5-3-2-4-6-15;/h2-9,16-17H,10-13H2,1H3,(H2,21,22,23);1H. The number of hydrogen-bond acceptors (Lipinski definition) is 3. The Morgan fingerprint density at radius 2 is 1.88 bits per heavy atom. The van der Waals surface area contributed by atoms with Crippen molar-refractivity contribution in [3.8, 4) is 11.5 Å². The lowest BCUT2D eigenvalue weighted by Gasteiger charge is -2.12. The Morgan fingerprint density at radius 1 is 1.08 bits per heavy atom. The molecule has 0 radical (unpaired) electrons. The summed E-state index contributed by atoms with van der Waals surface area (Å²) < 4.78 is 10.8. The zero-order chi connectivity index (χ0) is 17.1. The molecule has 0 aromatic heterocycles. The largest absolute Gasteiger partial charge is 0.454 e. The van der Waals surface area contributed by atoms with E-state index < -0.39 is 0 Å². The fraction of sp³-hybridized carbons (Fsp3) is 0.350. The summed E-state index contributed by atoms with van der Waals surface area (Å²) in [5.41, 5.74) is 2.58. The minimum Gasteiger partial charge on any atom is -0.454 e. The summed E-state index contributed by atoms with van der Waals surface area (Å²) in [6.45, 7) is 1.95. The van der Waals surface area contributed by atoms with E-state index in [0.717, 1.165) is 29.6 Å². The van der Waals surface area contributed by atoms with E-state index in [1.54, 1.807) is 7.05 Å². The van der Waals surface area contributed by atoms with Gasteiger partial charge in [-0.2, -0.15) is 0 Å². The second kappa shape index (κ2) is 8.62. The Hall–Kier alpha value is -1.96. The number of guanidine groups is 1. The van der Waals surface area contributed by atoms with Crippen LogP contribution in [0.25, 0.3) is 0 Å². The molecular formula is C20H24IN3O2. The topological polar surface area (TPSA) is 54.9 Å². The van der Waals surface area contributed by atoms with Gasteiger partial charge in [0.05, 0.1) is 0 Å². The van der Waals surface area contributed by atoms with Crippen LogP contribution in [-0.2, 0) is 6.54 Å². The minimum atomic E-state index is 0. The second-order valence-electron chi connectivity index (χ2n) is 6.51. The Balaban J connectivity index is 0.00000196. The number of fused-ring (bicyclic) bond motifs is 1. The van der Waals surface area contributed by atoms with Gasteiger partial charge in [-0.25, -0.2) is 0 Å². The smallest absolute Gasteiger partial charge is 0.231 e. The summed E-state index contributed by atoms with van der Waals surface area (Å²) in [4.78, 5) is 4.31. The Labute approximate surface area is 171 Å². The van der Waals surface area contributed by atoms with Crippen LogP contribution in [0.4, 0.5) is 0 Å². The molecular weight excluding hydrogens is 441 g/mol. The molecule has 2 atom stereocenters. The first kappa shape index (κ1) is 18.8. The van der Waals surface area contributed by atoms with Crippen LogP contribution in [0, 0.1) is 5.92 Å². The molecule has 1 fully saturated rings. The highest BCUT2D eigenvalue weighted by Gasteiger charge is 2.37. The number of hydrogen-bond donors (Lipinski definition) is 2. The first-order valence-corrected chi connectivity index (χ1v) is 8.71. The Kier molecular flexibility index (Phi) is 6.24. The molecule has 2 unspecified atom stereocenters. The first-order valence-electron chi connectivity index (χ1n) is 8.71. The van der Waals surface area contributed by atoms with Gasteiger partial charge in [0.15, 0.2) is 17.5 Å². The normalized spacial score (nSPS) is 20.3. The molecule has 2 aliphatic rings. The van der Waals surface area contributed by atoms with Crippen LogP contribution < -0.4 is 20.1 Å². The second-order valence-corrected chi connectivity index (χ2v) is 6.51. The van der Waals surface area contributed by atoms with Crippen molar-refractivity contribution in [2.45, 2.75) is 18.9 Å². The van der Waals surface area contributed by atoms with E-state index in [4.69, 9.17) is 9.47 Å². The van der Waals surface area contributed by atoms with Crippen LogP contribution in [0.5, 0.6) is 11.5 Å². The molecule has 6 heteroatoms. The predicted molar refractivity (Wildman–Crippen MR) is 113 cm³/mol. The van der Waals surface area contributed by atoms with Crippen LogP contribution in [0.15, 0.2) is 53.5 Å². The molecule has 2 aromatic rings. The summed E-state index contributed by atoms with van der Waals surface area (Å²) in [7, 11) is 1.80. The summed E-state index contributed by atoms with van der Waals surface area (Å²) in [5.74, 6) is 3.82. The number of ether oxygens (including phenoxy) is 2. The molecule has 138 valence electrons. The maximum atomic E-state index is 5.42. The average Bonchev–Trinajstić information content (AvgIpc) is 3.29.